The van der Waals surface area contributed by atoms with Gasteiger partial charge >= 0.3 is 0 Å². The van der Waals surface area contributed by atoms with Gasteiger partial charge in [-0.05, 0) is 18.9 Å². The van der Waals surface area contributed by atoms with Crippen molar-refractivity contribution in [1.29, 1.82) is 0 Å². The van der Waals surface area contributed by atoms with Crippen molar-refractivity contribution in [1.82, 2.24) is 10.2 Å². The van der Waals surface area contributed by atoms with Crippen LogP contribution in [-0.2, 0) is 20.9 Å². The van der Waals surface area contributed by atoms with Gasteiger partial charge in [0.25, 0.3) is 0 Å². The first-order valence-electron chi connectivity index (χ1n) is 7.58. The summed E-state index contributed by atoms with van der Waals surface area (Å²) >= 11 is 0. The highest BCUT2D eigenvalue weighted by molar-refractivity contribution is 6.07. The zero-order chi connectivity index (χ0) is 16.4. The Balaban J connectivity index is 1.59. The monoisotopic (exact) mass is 316 g/mol. The van der Waals surface area contributed by atoms with Crippen molar-refractivity contribution in [3.63, 3.8) is 0 Å². The Morgan fingerprint density at radius 2 is 1.74 bits per heavy atom. The number of allylic oxidation sites excluding steroid dienone is 2. The van der Waals surface area contributed by atoms with E-state index in [9.17, 15) is 18.8 Å². The molecule has 1 aliphatic heterocycles. The molecule has 0 saturated carbocycles. The van der Waals surface area contributed by atoms with Crippen molar-refractivity contribution in [2.24, 2.45) is 11.8 Å². The van der Waals surface area contributed by atoms with Crippen LogP contribution in [0.4, 0.5) is 4.39 Å². The molecule has 23 heavy (non-hydrogen) atoms. The van der Waals surface area contributed by atoms with Gasteiger partial charge in [0, 0.05) is 12.1 Å². The summed E-state index contributed by atoms with van der Waals surface area (Å²) in [4.78, 5) is 37.5. The number of halogens is 1. The van der Waals surface area contributed by atoms with Crippen molar-refractivity contribution >= 4 is 17.7 Å². The van der Waals surface area contributed by atoms with E-state index < -0.39 is 11.7 Å². The largest absolute Gasteiger partial charge is 0.350 e. The van der Waals surface area contributed by atoms with Crippen LogP contribution in [0.25, 0.3) is 0 Å². The van der Waals surface area contributed by atoms with Gasteiger partial charge in [0.1, 0.15) is 12.4 Å². The quantitative estimate of drug-likeness (QED) is 0.674. The van der Waals surface area contributed by atoms with Crippen molar-refractivity contribution in [3.05, 3.63) is 47.8 Å². The third-order valence-corrected chi connectivity index (χ3v) is 4.33. The summed E-state index contributed by atoms with van der Waals surface area (Å²) in [6, 6.07) is 6.13. The predicted octanol–water partition coefficient (Wildman–Crippen LogP) is 1.39. The Morgan fingerprint density at radius 1 is 1.13 bits per heavy atom. The van der Waals surface area contributed by atoms with Crippen LogP contribution in [0.3, 0.4) is 0 Å². The van der Waals surface area contributed by atoms with E-state index in [1.165, 1.54) is 6.07 Å². The number of rotatable bonds is 4. The van der Waals surface area contributed by atoms with Gasteiger partial charge in [-0.3, -0.25) is 19.3 Å². The molecule has 1 N–H and O–H groups in total. The summed E-state index contributed by atoms with van der Waals surface area (Å²) in [5, 5.41) is 2.55. The summed E-state index contributed by atoms with van der Waals surface area (Å²) < 4.78 is 13.5. The second-order valence-electron chi connectivity index (χ2n) is 5.79. The molecular formula is C17H17FN2O3. The molecule has 0 radical (unpaired) electrons. The first kappa shape index (κ1) is 15.4. The lowest BCUT2D eigenvalue weighted by molar-refractivity contribution is -0.143. The molecule has 2 aliphatic rings. The molecule has 1 saturated heterocycles. The minimum absolute atomic E-state index is 0.0239. The molecule has 0 spiro atoms. The first-order valence-corrected chi connectivity index (χ1v) is 7.58. The van der Waals surface area contributed by atoms with Crippen LogP contribution < -0.4 is 5.32 Å². The third-order valence-electron chi connectivity index (χ3n) is 4.33. The highest BCUT2D eigenvalue weighted by Crippen LogP contribution is 2.34. The highest BCUT2D eigenvalue weighted by Gasteiger charge is 2.47. The molecule has 120 valence electrons. The zero-order valence-corrected chi connectivity index (χ0v) is 12.5. The molecule has 3 amide bonds. The lowest BCUT2D eigenvalue weighted by atomic mass is 9.85. The number of carbonyl (C=O) groups is 3. The van der Waals surface area contributed by atoms with Gasteiger partial charge in [0.05, 0.1) is 11.8 Å². The molecule has 0 unspecified atom stereocenters. The number of likely N-dealkylation sites (tertiary alicyclic amines) is 1. The summed E-state index contributed by atoms with van der Waals surface area (Å²) in [6.45, 7) is -0.282. The van der Waals surface area contributed by atoms with E-state index in [-0.39, 0.29) is 36.7 Å². The van der Waals surface area contributed by atoms with Crippen molar-refractivity contribution in [3.8, 4) is 0 Å². The molecule has 1 fully saturated rings. The number of hydrogen-bond acceptors (Lipinski definition) is 3. The molecule has 5 nitrogen and oxygen atoms in total. The summed E-state index contributed by atoms with van der Waals surface area (Å²) in [7, 11) is 0. The minimum Gasteiger partial charge on any atom is -0.350 e. The molecule has 1 heterocycles. The maximum absolute atomic E-state index is 13.5. The van der Waals surface area contributed by atoms with Crippen LogP contribution in [0.2, 0.25) is 0 Å². The predicted molar refractivity (Wildman–Crippen MR) is 80.3 cm³/mol. The Kier molecular flexibility index (Phi) is 4.23. The Labute approximate surface area is 133 Å². The average Bonchev–Trinajstić information content (AvgIpc) is 2.80. The molecule has 0 bridgehead atoms. The number of carbonyl (C=O) groups excluding carboxylic acids is 3. The smallest absolute Gasteiger partial charge is 0.240 e. The van der Waals surface area contributed by atoms with Crippen LogP contribution in [-0.4, -0.2) is 29.2 Å². The number of amides is 3. The number of nitrogens with zero attached hydrogens (tertiary/aromatic N) is 1. The number of nitrogens with one attached hydrogen (secondary N) is 1. The molecule has 1 aromatic rings. The third kappa shape index (κ3) is 3.02. The summed E-state index contributed by atoms with van der Waals surface area (Å²) in [5.74, 6) is -2.13. The van der Waals surface area contributed by atoms with Crippen LogP contribution in [0, 0.1) is 17.7 Å². The highest BCUT2D eigenvalue weighted by atomic mass is 19.1. The van der Waals surface area contributed by atoms with E-state index >= 15 is 0 Å². The number of hydrogen-bond donors (Lipinski definition) is 1. The zero-order valence-electron chi connectivity index (χ0n) is 12.5. The summed E-state index contributed by atoms with van der Waals surface area (Å²) in [6.07, 6.45) is 4.88. The van der Waals surface area contributed by atoms with E-state index in [2.05, 4.69) is 5.32 Å². The lowest BCUT2D eigenvalue weighted by Gasteiger charge is -2.14. The van der Waals surface area contributed by atoms with Gasteiger partial charge in [-0.2, -0.15) is 0 Å². The van der Waals surface area contributed by atoms with Crippen molar-refractivity contribution < 1.29 is 18.8 Å². The standard InChI is InChI=1S/C17H17FN2O3/c18-14-8-4-1-5-11(14)9-19-15(21)10-20-16(22)12-6-2-3-7-13(12)17(20)23/h1-5,8,12-13H,6-7,9-10H2,(H,19,21)/t12-,13-/m1/s1. The molecule has 2 atom stereocenters. The van der Waals surface area contributed by atoms with Crippen molar-refractivity contribution in [2.75, 3.05) is 6.54 Å². The van der Waals surface area contributed by atoms with E-state index in [0.29, 0.717) is 18.4 Å². The van der Waals surface area contributed by atoms with E-state index in [1.807, 2.05) is 12.2 Å². The SMILES string of the molecule is O=C(CN1C(=O)[C@@H]2CC=CC[C@H]2C1=O)NCc1ccccc1F. The van der Waals surface area contributed by atoms with Gasteiger partial charge in [0.15, 0.2) is 0 Å². The number of fused-ring (bicyclic) bond motifs is 1. The van der Waals surface area contributed by atoms with Crippen molar-refractivity contribution in [2.45, 2.75) is 19.4 Å². The second kappa shape index (κ2) is 6.32. The maximum Gasteiger partial charge on any atom is 0.240 e. The molecule has 1 aliphatic carbocycles. The maximum atomic E-state index is 13.5. The van der Waals surface area contributed by atoms with Crippen LogP contribution >= 0.6 is 0 Å². The van der Waals surface area contributed by atoms with E-state index in [4.69, 9.17) is 0 Å². The fourth-order valence-corrected chi connectivity index (χ4v) is 3.06. The topological polar surface area (TPSA) is 66.5 Å². The molecule has 1 aromatic carbocycles. The van der Waals surface area contributed by atoms with Crippen LogP contribution in [0.1, 0.15) is 18.4 Å². The van der Waals surface area contributed by atoms with Gasteiger partial charge < -0.3 is 5.32 Å². The molecule has 3 rings (SSSR count). The minimum atomic E-state index is -0.471. The average molecular weight is 316 g/mol. The van der Waals surface area contributed by atoms with Crippen LogP contribution in [0.15, 0.2) is 36.4 Å². The second-order valence-corrected chi connectivity index (χ2v) is 5.79. The fraction of sp³-hybridized carbons (Fsp3) is 0.353. The van der Waals surface area contributed by atoms with Gasteiger partial charge in [0.2, 0.25) is 17.7 Å². The van der Waals surface area contributed by atoms with E-state index in [1.54, 1.807) is 18.2 Å². The normalized spacial score (nSPS) is 23.1. The van der Waals surface area contributed by atoms with Gasteiger partial charge in [-0.15, -0.1) is 0 Å². The van der Waals surface area contributed by atoms with Gasteiger partial charge in [-0.25, -0.2) is 4.39 Å². The molecule has 0 aromatic heterocycles. The number of imide groups is 1. The Bertz CT molecular complexity index is 660. The Hall–Kier alpha value is -2.50. The fourth-order valence-electron chi connectivity index (χ4n) is 3.06. The van der Waals surface area contributed by atoms with Crippen LogP contribution in [0.5, 0.6) is 0 Å². The lowest BCUT2D eigenvalue weighted by Crippen LogP contribution is -2.40. The first-order chi connectivity index (χ1) is 11.1. The molecule has 6 heteroatoms. The number of benzene rings is 1. The Morgan fingerprint density at radius 3 is 2.35 bits per heavy atom. The van der Waals surface area contributed by atoms with E-state index in [0.717, 1.165) is 4.90 Å². The summed E-state index contributed by atoms with van der Waals surface area (Å²) in [5.41, 5.74) is 0.359. The van der Waals surface area contributed by atoms with Gasteiger partial charge in [-0.1, -0.05) is 30.4 Å². The molecular weight excluding hydrogens is 299 g/mol.